The van der Waals surface area contributed by atoms with Crippen LogP contribution in [0.1, 0.15) is 25.3 Å². The third-order valence-corrected chi connectivity index (χ3v) is 5.43. The summed E-state index contributed by atoms with van der Waals surface area (Å²) in [6.07, 6.45) is 0. The Kier molecular flexibility index (Phi) is 5.87. The highest BCUT2D eigenvalue weighted by molar-refractivity contribution is 7.91. The molecule has 0 bridgehead atoms. The van der Waals surface area contributed by atoms with Crippen molar-refractivity contribution in [2.24, 2.45) is 0 Å². The summed E-state index contributed by atoms with van der Waals surface area (Å²) in [6.45, 7) is 5.54. The maximum absolute atomic E-state index is 11.9. The zero-order valence-electron chi connectivity index (χ0n) is 13.6. The predicted molar refractivity (Wildman–Crippen MR) is 89.7 cm³/mol. The van der Waals surface area contributed by atoms with Crippen LogP contribution < -0.4 is 10.1 Å². The number of nitrogens with one attached hydrogen (secondary N) is 1. The van der Waals surface area contributed by atoms with Crippen LogP contribution in [0.25, 0.3) is 0 Å². The highest BCUT2D eigenvalue weighted by Gasteiger charge is 2.24. The largest absolute Gasteiger partial charge is 0.492 e. The van der Waals surface area contributed by atoms with Gasteiger partial charge >= 0.3 is 6.03 Å². The fraction of sp³-hybridized carbons (Fsp3) is 0.562. The Morgan fingerprint density at radius 3 is 2.39 bits per heavy atom. The Hall–Kier alpha value is -1.76. The molecule has 1 aliphatic rings. The first-order valence-electron chi connectivity index (χ1n) is 7.83. The zero-order chi connectivity index (χ0) is 16.9. The molecule has 2 rings (SSSR count). The van der Waals surface area contributed by atoms with Gasteiger partial charge in [0.15, 0.2) is 9.84 Å². The maximum Gasteiger partial charge on any atom is 0.317 e. The summed E-state index contributed by atoms with van der Waals surface area (Å²) >= 11 is 0. The number of nitrogens with zero attached hydrogens (tertiary/aromatic N) is 1. The lowest BCUT2D eigenvalue weighted by Gasteiger charge is -2.26. The highest BCUT2D eigenvalue weighted by Crippen LogP contribution is 2.18. The van der Waals surface area contributed by atoms with E-state index in [1.807, 2.05) is 24.3 Å². The Balaban J connectivity index is 1.68. The predicted octanol–water partition coefficient (Wildman–Crippen LogP) is 1.63. The van der Waals surface area contributed by atoms with Crippen LogP contribution in [0.2, 0.25) is 0 Å². The number of amides is 2. The fourth-order valence-electron chi connectivity index (χ4n) is 2.30. The van der Waals surface area contributed by atoms with Crippen molar-refractivity contribution in [2.75, 3.05) is 37.7 Å². The van der Waals surface area contributed by atoms with E-state index in [1.54, 1.807) is 0 Å². The van der Waals surface area contributed by atoms with Gasteiger partial charge < -0.3 is 15.0 Å². The maximum atomic E-state index is 11.9. The van der Waals surface area contributed by atoms with E-state index in [2.05, 4.69) is 19.2 Å². The van der Waals surface area contributed by atoms with Crippen LogP contribution >= 0.6 is 0 Å². The number of carbonyl (C=O) groups excluding carboxylic acids is 1. The third-order valence-electron chi connectivity index (χ3n) is 3.83. The van der Waals surface area contributed by atoms with Gasteiger partial charge in [0.1, 0.15) is 12.4 Å². The van der Waals surface area contributed by atoms with E-state index in [0.29, 0.717) is 19.1 Å². The third kappa shape index (κ3) is 5.42. The number of benzene rings is 1. The van der Waals surface area contributed by atoms with Gasteiger partial charge in [-0.1, -0.05) is 26.0 Å². The number of carbonyl (C=O) groups is 1. The molecule has 0 spiro atoms. The number of rotatable bonds is 5. The summed E-state index contributed by atoms with van der Waals surface area (Å²) in [5.74, 6) is 1.34. The van der Waals surface area contributed by atoms with Crippen LogP contribution in [0, 0.1) is 0 Å². The fourth-order valence-corrected chi connectivity index (χ4v) is 3.50. The summed E-state index contributed by atoms with van der Waals surface area (Å²) in [5.41, 5.74) is 1.26. The minimum atomic E-state index is -2.97. The first-order chi connectivity index (χ1) is 10.9. The zero-order valence-corrected chi connectivity index (χ0v) is 14.4. The minimum Gasteiger partial charge on any atom is -0.492 e. The second kappa shape index (κ2) is 7.68. The van der Waals surface area contributed by atoms with E-state index in [4.69, 9.17) is 4.74 Å². The van der Waals surface area contributed by atoms with Crippen molar-refractivity contribution in [3.05, 3.63) is 29.8 Å². The molecular formula is C16H24N2O4S. The lowest BCUT2D eigenvalue weighted by atomic mass is 10.0. The highest BCUT2D eigenvalue weighted by atomic mass is 32.2. The molecule has 1 aliphatic heterocycles. The lowest BCUT2D eigenvalue weighted by molar-refractivity contribution is 0.199. The number of ether oxygens (including phenoxy) is 1. The number of hydrogen-bond acceptors (Lipinski definition) is 4. The van der Waals surface area contributed by atoms with Crippen molar-refractivity contribution in [2.45, 2.75) is 19.8 Å². The molecule has 1 aromatic carbocycles. The van der Waals surface area contributed by atoms with Gasteiger partial charge in [0, 0.05) is 13.1 Å². The molecule has 6 nitrogen and oxygen atoms in total. The quantitative estimate of drug-likeness (QED) is 0.827. The first kappa shape index (κ1) is 17.6. The SMILES string of the molecule is CC(C)c1ccc(OCCNC(=O)N2CCS(=O)(=O)CC2)cc1. The minimum absolute atomic E-state index is 0.0408. The topological polar surface area (TPSA) is 75.7 Å². The monoisotopic (exact) mass is 340 g/mol. The van der Waals surface area contributed by atoms with Crippen molar-refractivity contribution in [1.82, 2.24) is 10.2 Å². The van der Waals surface area contributed by atoms with E-state index in [9.17, 15) is 13.2 Å². The van der Waals surface area contributed by atoms with E-state index in [1.165, 1.54) is 10.5 Å². The van der Waals surface area contributed by atoms with Gasteiger partial charge in [0.2, 0.25) is 0 Å². The van der Waals surface area contributed by atoms with E-state index in [0.717, 1.165) is 5.75 Å². The summed E-state index contributed by atoms with van der Waals surface area (Å²) in [4.78, 5) is 13.4. The molecular weight excluding hydrogens is 316 g/mol. The molecule has 0 aromatic heterocycles. The average molecular weight is 340 g/mol. The average Bonchev–Trinajstić information content (AvgIpc) is 2.51. The van der Waals surface area contributed by atoms with Gasteiger partial charge in [-0.25, -0.2) is 13.2 Å². The van der Waals surface area contributed by atoms with Crippen LogP contribution in [0.15, 0.2) is 24.3 Å². The van der Waals surface area contributed by atoms with E-state index < -0.39 is 9.84 Å². The van der Waals surface area contributed by atoms with Gasteiger partial charge in [-0.2, -0.15) is 0 Å². The summed E-state index contributed by atoms with van der Waals surface area (Å²) in [7, 11) is -2.97. The van der Waals surface area contributed by atoms with Gasteiger partial charge in [-0.3, -0.25) is 0 Å². The molecule has 0 radical (unpaired) electrons. The van der Waals surface area contributed by atoms with E-state index in [-0.39, 0.29) is 30.6 Å². The Morgan fingerprint density at radius 2 is 1.83 bits per heavy atom. The molecule has 0 atom stereocenters. The van der Waals surface area contributed by atoms with Gasteiger partial charge in [-0.15, -0.1) is 0 Å². The standard InChI is InChI=1S/C16H24N2O4S/c1-13(2)14-3-5-15(6-4-14)22-10-7-17-16(19)18-8-11-23(20,21)12-9-18/h3-6,13H,7-12H2,1-2H3,(H,17,19). The van der Waals surface area contributed by atoms with Crippen LogP contribution in [0.5, 0.6) is 5.75 Å². The molecule has 1 fully saturated rings. The normalized spacial score (nSPS) is 17.1. The number of hydrogen-bond donors (Lipinski definition) is 1. The van der Waals surface area contributed by atoms with Crippen molar-refractivity contribution in [3.63, 3.8) is 0 Å². The number of sulfone groups is 1. The Morgan fingerprint density at radius 1 is 1.22 bits per heavy atom. The second-order valence-corrected chi connectivity index (χ2v) is 8.25. The molecule has 1 saturated heterocycles. The summed E-state index contributed by atoms with van der Waals surface area (Å²) in [6, 6.07) is 7.68. The first-order valence-corrected chi connectivity index (χ1v) is 9.65. The Labute approximate surface area is 137 Å². The van der Waals surface area contributed by atoms with Crippen LogP contribution in [-0.2, 0) is 9.84 Å². The van der Waals surface area contributed by atoms with Gasteiger partial charge in [-0.05, 0) is 23.6 Å². The van der Waals surface area contributed by atoms with Gasteiger partial charge in [0.05, 0.1) is 18.1 Å². The molecule has 23 heavy (non-hydrogen) atoms. The molecule has 1 heterocycles. The lowest BCUT2D eigenvalue weighted by Crippen LogP contribution is -2.48. The number of urea groups is 1. The summed E-state index contributed by atoms with van der Waals surface area (Å²) < 4.78 is 28.2. The summed E-state index contributed by atoms with van der Waals surface area (Å²) in [5, 5.41) is 2.75. The second-order valence-electron chi connectivity index (χ2n) is 5.94. The molecule has 0 saturated carbocycles. The van der Waals surface area contributed by atoms with E-state index >= 15 is 0 Å². The van der Waals surface area contributed by atoms with Crippen molar-refractivity contribution >= 4 is 15.9 Å². The molecule has 1 aromatic rings. The smallest absolute Gasteiger partial charge is 0.317 e. The van der Waals surface area contributed by atoms with Crippen LogP contribution in [0.3, 0.4) is 0 Å². The van der Waals surface area contributed by atoms with Crippen LogP contribution in [-0.4, -0.2) is 57.1 Å². The van der Waals surface area contributed by atoms with Crippen molar-refractivity contribution in [3.8, 4) is 5.75 Å². The van der Waals surface area contributed by atoms with Crippen molar-refractivity contribution in [1.29, 1.82) is 0 Å². The van der Waals surface area contributed by atoms with Crippen molar-refractivity contribution < 1.29 is 17.9 Å². The van der Waals surface area contributed by atoms with Gasteiger partial charge in [0.25, 0.3) is 0 Å². The molecule has 2 amide bonds. The Bertz CT molecular complexity index is 612. The molecule has 0 unspecified atom stereocenters. The van der Waals surface area contributed by atoms with Crippen LogP contribution in [0.4, 0.5) is 4.79 Å². The molecule has 0 aliphatic carbocycles. The molecule has 7 heteroatoms. The molecule has 1 N–H and O–H groups in total. The molecule has 128 valence electrons.